The van der Waals surface area contributed by atoms with Crippen LogP contribution in [-0.2, 0) is 0 Å². The summed E-state index contributed by atoms with van der Waals surface area (Å²) in [5.41, 5.74) is 0.172. The number of fused-ring (bicyclic) bond motifs is 5. The smallest absolute Gasteiger partial charge is 0.0661 e. The lowest BCUT2D eigenvalue weighted by molar-refractivity contribution is -0.183. The molecule has 0 saturated heterocycles. The van der Waals surface area contributed by atoms with E-state index in [2.05, 4.69) is 26.8 Å². The molecule has 0 spiro atoms. The minimum Gasteiger partial charge on any atom is -0.393 e. The maximum Gasteiger partial charge on any atom is 0.0661 e. The van der Waals surface area contributed by atoms with Crippen molar-refractivity contribution >= 4 is 0 Å². The van der Waals surface area contributed by atoms with Gasteiger partial charge in [-0.15, -0.1) is 0 Å². The van der Waals surface area contributed by atoms with Gasteiger partial charge in [-0.05, 0) is 85.4 Å². The highest BCUT2D eigenvalue weighted by Gasteiger charge is 2.63. The van der Waals surface area contributed by atoms with Crippen molar-refractivity contribution in [1.29, 1.82) is 5.26 Å². The van der Waals surface area contributed by atoms with E-state index in [9.17, 15) is 15.5 Å². The summed E-state index contributed by atoms with van der Waals surface area (Å²) < 4.78 is 0. The number of aliphatic hydroxyl groups excluding tert-OH is 2. The quantitative estimate of drug-likeness (QED) is 0.710. The fourth-order valence-corrected chi connectivity index (χ4v) is 7.93. The maximum absolute atomic E-state index is 11.2. The van der Waals surface area contributed by atoms with E-state index >= 15 is 0 Å². The lowest BCUT2D eigenvalue weighted by Crippen LogP contribution is -2.60. The predicted molar refractivity (Wildman–Crippen MR) is 92.8 cm³/mol. The van der Waals surface area contributed by atoms with E-state index in [0.29, 0.717) is 29.6 Å². The van der Waals surface area contributed by atoms with Crippen LogP contribution in [0.1, 0.15) is 65.7 Å². The van der Waals surface area contributed by atoms with Crippen LogP contribution < -0.4 is 0 Å². The summed E-state index contributed by atoms with van der Waals surface area (Å²) in [4.78, 5) is 0. The fourth-order valence-electron chi connectivity index (χ4n) is 7.93. The summed E-state index contributed by atoms with van der Waals surface area (Å²) in [5.74, 6) is 2.55. The molecular formula is C21H33NO2. The first-order valence-corrected chi connectivity index (χ1v) is 10.1. The van der Waals surface area contributed by atoms with Gasteiger partial charge in [-0.3, -0.25) is 0 Å². The Morgan fingerprint density at radius 2 is 1.71 bits per heavy atom. The van der Waals surface area contributed by atoms with E-state index in [4.69, 9.17) is 0 Å². The first-order valence-electron chi connectivity index (χ1n) is 10.1. The third-order valence-electron chi connectivity index (χ3n) is 9.09. The molecule has 10 atom stereocenters. The molecular weight excluding hydrogens is 298 g/mol. The Labute approximate surface area is 146 Å². The van der Waals surface area contributed by atoms with Crippen molar-refractivity contribution in [3.8, 4) is 6.07 Å². The zero-order chi connectivity index (χ0) is 17.3. The molecule has 4 aliphatic rings. The zero-order valence-electron chi connectivity index (χ0n) is 15.4. The molecule has 0 aromatic heterocycles. The van der Waals surface area contributed by atoms with Crippen LogP contribution in [0.4, 0.5) is 0 Å². The highest BCUT2D eigenvalue weighted by Crippen LogP contribution is 2.67. The van der Waals surface area contributed by atoms with Gasteiger partial charge in [0.2, 0.25) is 0 Å². The van der Waals surface area contributed by atoms with Gasteiger partial charge in [-0.2, -0.15) is 5.26 Å². The average Bonchev–Trinajstić information content (AvgIpc) is 2.84. The molecule has 1 unspecified atom stereocenters. The standard InChI is InChI=1S/C21H33NO2/c1-12-9-21(3)13(8-17(12)23)4-6-15-16-7-5-14(11-22)20(16,2)10-18(24)19(15)21/h12-19,23-24H,4-10H2,1-3H3/t12-,13-,14+,15-,16-,17-,18?,19+,20+,21-/m0/s1. The number of hydrogen-bond donors (Lipinski definition) is 2. The average molecular weight is 332 g/mol. The van der Waals surface area contributed by atoms with Crippen molar-refractivity contribution in [3.05, 3.63) is 0 Å². The Hall–Kier alpha value is -0.590. The summed E-state index contributed by atoms with van der Waals surface area (Å²) in [5, 5.41) is 31.2. The third kappa shape index (κ3) is 2.08. The van der Waals surface area contributed by atoms with Crippen LogP contribution in [-0.4, -0.2) is 22.4 Å². The van der Waals surface area contributed by atoms with Crippen LogP contribution in [0, 0.1) is 57.7 Å². The second-order valence-electron chi connectivity index (χ2n) is 10.1. The van der Waals surface area contributed by atoms with Gasteiger partial charge in [0.1, 0.15) is 0 Å². The monoisotopic (exact) mass is 331 g/mol. The minimum atomic E-state index is -0.277. The SMILES string of the molecule is C[C@H]1C[C@@]2(C)[C@@H](CC[C@H]3[C@@H]4CC[C@H](C#N)[C@@]4(C)CC(O)[C@@H]32)C[C@@H]1O. The van der Waals surface area contributed by atoms with E-state index < -0.39 is 0 Å². The van der Waals surface area contributed by atoms with E-state index in [0.717, 1.165) is 25.7 Å². The topological polar surface area (TPSA) is 64.2 Å². The molecule has 3 heteroatoms. The van der Waals surface area contributed by atoms with Crippen molar-refractivity contribution in [3.63, 3.8) is 0 Å². The molecule has 2 N–H and O–H groups in total. The maximum atomic E-state index is 11.2. The van der Waals surface area contributed by atoms with E-state index in [1.54, 1.807) is 0 Å². The number of aliphatic hydroxyl groups is 2. The van der Waals surface area contributed by atoms with Crippen LogP contribution in [0.25, 0.3) is 0 Å². The first kappa shape index (κ1) is 16.9. The van der Waals surface area contributed by atoms with Gasteiger partial charge < -0.3 is 10.2 Å². The zero-order valence-corrected chi connectivity index (χ0v) is 15.4. The number of hydrogen-bond acceptors (Lipinski definition) is 3. The molecule has 0 radical (unpaired) electrons. The largest absolute Gasteiger partial charge is 0.393 e. The Morgan fingerprint density at radius 3 is 2.42 bits per heavy atom. The lowest BCUT2D eigenvalue weighted by atomic mass is 9.43. The van der Waals surface area contributed by atoms with Crippen LogP contribution in [0.3, 0.4) is 0 Å². The fraction of sp³-hybridized carbons (Fsp3) is 0.952. The van der Waals surface area contributed by atoms with E-state index in [1.807, 2.05) is 0 Å². The first-order chi connectivity index (χ1) is 11.3. The van der Waals surface area contributed by atoms with Crippen LogP contribution in [0.15, 0.2) is 0 Å². The van der Waals surface area contributed by atoms with Crippen molar-refractivity contribution in [2.45, 2.75) is 77.9 Å². The predicted octanol–water partition coefficient (Wildman–Crippen LogP) is 3.75. The molecule has 4 fully saturated rings. The molecule has 24 heavy (non-hydrogen) atoms. The Balaban J connectivity index is 1.69. The molecule has 4 saturated carbocycles. The van der Waals surface area contributed by atoms with Gasteiger partial charge in [0, 0.05) is 0 Å². The third-order valence-corrected chi connectivity index (χ3v) is 9.09. The van der Waals surface area contributed by atoms with E-state index in [1.165, 1.54) is 19.3 Å². The second kappa shape index (κ2) is 5.45. The van der Waals surface area contributed by atoms with Gasteiger partial charge in [-0.25, -0.2) is 0 Å². The summed E-state index contributed by atoms with van der Waals surface area (Å²) in [6, 6.07) is 2.55. The van der Waals surface area contributed by atoms with Crippen LogP contribution in [0.2, 0.25) is 0 Å². The molecule has 0 amide bonds. The van der Waals surface area contributed by atoms with Crippen LogP contribution in [0.5, 0.6) is 0 Å². The van der Waals surface area contributed by atoms with Crippen molar-refractivity contribution in [1.82, 2.24) is 0 Å². The molecule has 134 valence electrons. The highest BCUT2D eigenvalue weighted by atomic mass is 16.3. The molecule has 0 heterocycles. The summed E-state index contributed by atoms with van der Waals surface area (Å²) >= 11 is 0. The molecule has 0 bridgehead atoms. The van der Waals surface area contributed by atoms with Crippen molar-refractivity contribution in [2.24, 2.45) is 46.3 Å². The second-order valence-corrected chi connectivity index (χ2v) is 10.1. The lowest BCUT2D eigenvalue weighted by Gasteiger charge is -2.62. The molecule has 0 aromatic rings. The Kier molecular flexibility index (Phi) is 3.83. The molecule has 4 rings (SSSR count). The van der Waals surface area contributed by atoms with Crippen molar-refractivity contribution in [2.75, 3.05) is 0 Å². The summed E-state index contributed by atoms with van der Waals surface area (Å²) in [6.07, 6.45) is 6.87. The number of nitriles is 1. The molecule has 3 nitrogen and oxygen atoms in total. The van der Waals surface area contributed by atoms with Gasteiger partial charge in [0.05, 0.1) is 24.2 Å². The number of nitrogens with zero attached hydrogens (tertiary/aromatic N) is 1. The normalized spacial score (nSPS) is 59.8. The van der Waals surface area contributed by atoms with E-state index in [-0.39, 0.29) is 29.0 Å². The summed E-state index contributed by atoms with van der Waals surface area (Å²) in [6.45, 7) is 6.86. The van der Waals surface area contributed by atoms with Crippen LogP contribution >= 0.6 is 0 Å². The summed E-state index contributed by atoms with van der Waals surface area (Å²) in [7, 11) is 0. The Bertz CT molecular complexity index is 557. The molecule has 0 aliphatic heterocycles. The minimum absolute atomic E-state index is 0.0122. The van der Waals surface area contributed by atoms with Gasteiger partial charge in [0.15, 0.2) is 0 Å². The number of rotatable bonds is 0. The van der Waals surface area contributed by atoms with Gasteiger partial charge in [-0.1, -0.05) is 20.8 Å². The molecule has 0 aromatic carbocycles. The highest BCUT2D eigenvalue weighted by molar-refractivity contribution is 5.15. The van der Waals surface area contributed by atoms with Gasteiger partial charge in [0.25, 0.3) is 0 Å². The van der Waals surface area contributed by atoms with Gasteiger partial charge >= 0.3 is 0 Å². The van der Waals surface area contributed by atoms with Crippen molar-refractivity contribution < 1.29 is 10.2 Å². The molecule has 4 aliphatic carbocycles. The Morgan fingerprint density at radius 1 is 0.958 bits per heavy atom.